The van der Waals surface area contributed by atoms with Crippen molar-refractivity contribution in [1.29, 1.82) is 0 Å². The van der Waals surface area contributed by atoms with E-state index in [1.165, 1.54) is 11.0 Å². The van der Waals surface area contributed by atoms with Crippen molar-refractivity contribution in [2.75, 3.05) is 10.2 Å². The van der Waals surface area contributed by atoms with Gasteiger partial charge in [-0.1, -0.05) is 42.0 Å². The average molecular weight is 585 g/mol. The van der Waals surface area contributed by atoms with Crippen LogP contribution in [0.4, 0.5) is 17.1 Å². The number of phenols is 1. The molecule has 7 nitrogen and oxygen atoms in total. The van der Waals surface area contributed by atoms with E-state index in [0.717, 1.165) is 22.5 Å². The zero-order valence-electron chi connectivity index (χ0n) is 24.8. The summed E-state index contributed by atoms with van der Waals surface area (Å²) in [7, 11) is 0. The van der Waals surface area contributed by atoms with Crippen LogP contribution in [0.2, 0.25) is 0 Å². The highest BCUT2D eigenvalue weighted by molar-refractivity contribution is 6.25. The van der Waals surface area contributed by atoms with E-state index in [1.807, 2.05) is 74.5 Å². The van der Waals surface area contributed by atoms with E-state index in [9.17, 15) is 24.3 Å². The largest absolute Gasteiger partial charge is 0.507 e. The van der Waals surface area contributed by atoms with Crippen LogP contribution in [0.5, 0.6) is 5.75 Å². The number of nitrogens with zero attached hydrogens (tertiary/aromatic N) is 1. The fourth-order valence-corrected chi connectivity index (χ4v) is 7.55. The Morgan fingerprint density at radius 3 is 2.16 bits per heavy atom. The van der Waals surface area contributed by atoms with Crippen molar-refractivity contribution >= 4 is 40.4 Å². The third-order valence-electron chi connectivity index (χ3n) is 9.60. The SMILES string of the molecule is CC1=CC(=O)C2=C(C[C@@H]3C(=CC[C@@H]4C(=O)N(c5ccc(Nc6ccccc6)cc5)C(=O)[C@@H]43)[C@@H]2c2cc(C)c(O)c(C)c2)C1=O. The number of ketones is 2. The summed E-state index contributed by atoms with van der Waals surface area (Å²) in [6.07, 6.45) is 4.03. The first-order valence-electron chi connectivity index (χ1n) is 14.9. The molecule has 3 aromatic rings. The van der Waals surface area contributed by atoms with Gasteiger partial charge < -0.3 is 10.4 Å². The predicted octanol–water partition coefficient (Wildman–Crippen LogP) is 6.39. The Morgan fingerprint density at radius 1 is 0.818 bits per heavy atom. The zero-order chi connectivity index (χ0) is 30.9. The Bertz CT molecular complexity index is 1840. The predicted molar refractivity (Wildman–Crippen MR) is 168 cm³/mol. The van der Waals surface area contributed by atoms with Crippen LogP contribution < -0.4 is 10.2 Å². The molecule has 0 bridgehead atoms. The number of Topliss-reactive ketones (excluding diaryl/α,β-unsaturated/α-hetero) is 1. The Kier molecular flexibility index (Phi) is 6.50. The molecule has 1 fully saturated rings. The number of carbonyl (C=O) groups excluding carboxylic acids is 4. The van der Waals surface area contributed by atoms with Crippen molar-refractivity contribution in [3.63, 3.8) is 0 Å². The van der Waals surface area contributed by atoms with Gasteiger partial charge in [0, 0.05) is 34.0 Å². The van der Waals surface area contributed by atoms with Gasteiger partial charge >= 0.3 is 0 Å². The van der Waals surface area contributed by atoms with Crippen LogP contribution in [0.3, 0.4) is 0 Å². The van der Waals surface area contributed by atoms with Gasteiger partial charge in [0.05, 0.1) is 17.5 Å². The Morgan fingerprint density at radius 2 is 1.48 bits per heavy atom. The van der Waals surface area contributed by atoms with Crippen molar-refractivity contribution in [2.24, 2.45) is 17.8 Å². The number of allylic oxidation sites excluding steroid dienone is 6. The van der Waals surface area contributed by atoms with Crippen LogP contribution in [0.25, 0.3) is 0 Å². The third kappa shape index (κ3) is 4.26. The molecule has 0 unspecified atom stereocenters. The Hall–Kier alpha value is -5.04. The van der Waals surface area contributed by atoms with Gasteiger partial charge in [-0.2, -0.15) is 0 Å². The number of imide groups is 1. The summed E-state index contributed by atoms with van der Waals surface area (Å²) in [5.41, 5.74) is 6.56. The molecule has 2 amide bonds. The van der Waals surface area contributed by atoms with Crippen LogP contribution in [-0.2, 0) is 19.2 Å². The molecule has 3 aromatic carbocycles. The minimum absolute atomic E-state index is 0.187. The van der Waals surface area contributed by atoms with Crippen molar-refractivity contribution < 1.29 is 24.3 Å². The second-order valence-corrected chi connectivity index (χ2v) is 12.3. The van der Waals surface area contributed by atoms with E-state index in [4.69, 9.17) is 0 Å². The lowest BCUT2D eigenvalue weighted by Gasteiger charge is -2.42. The lowest BCUT2D eigenvalue weighted by atomic mass is 9.59. The topological polar surface area (TPSA) is 104 Å². The van der Waals surface area contributed by atoms with E-state index in [2.05, 4.69) is 5.32 Å². The van der Waals surface area contributed by atoms with E-state index in [0.29, 0.717) is 40.0 Å². The molecule has 1 saturated heterocycles. The van der Waals surface area contributed by atoms with Gasteiger partial charge in [-0.05, 0) is 98.7 Å². The maximum atomic E-state index is 14.2. The van der Waals surface area contributed by atoms with Gasteiger partial charge in [0.25, 0.3) is 0 Å². The average Bonchev–Trinajstić information content (AvgIpc) is 3.27. The lowest BCUT2D eigenvalue weighted by Crippen LogP contribution is -2.39. The molecule has 0 radical (unpaired) electrons. The number of carbonyl (C=O) groups is 4. The van der Waals surface area contributed by atoms with Crippen molar-refractivity contribution in [1.82, 2.24) is 0 Å². The molecule has 7 heteroatoms. The number of hydrogen-bond donors (Lipinski definition) is 2. The van der Waals surface area contributed by atoms with E-state index < -0.39 is 23.7 Å². The molecule has 44 heavy (non-hydrogen) atoms. The standard InChI is InChI=1S/C37H32N2O5/c1-19-15-22(16-20(2)34(19)41)31-26-13-14-27-32(28(26)18-29-33(31)30(40)17-21(3)35(29)42)37(44)39(36(27)43)25-11-9-24(10-12-25)38-23-7-5-4-6-8-23/h4-13,15-17,27-28,31-32,38,41H,14,18H2,1-3H3/t27-,28+,31-,32-/m0/s1. The quantitative estimate of drug-likeness (QED) is 0.209. The summed E-state index contributed by atoms with van der Waals surface area (Å²) >= 11 is 0. The maximum Gasteiger partial charge on any atom is 0.238 e. The van der Waals surface area contributed by atoms with Gasteiger partial charge in [0.1, 0.15) is 5.75 Å². The number of rotatable bonds is 4. The summed E-state index contributed by atoms with van der Waals surface area (Å²) in [6.45, 7) is 5.26. The molecule has 4 aliphatic rings. The molecule has 0 saturated carbocycles. The molecule has 0 aromatic heterocycles. The number of aromatic hydroxyl groups is 1. The highest BCUT2D eigenvalue weighted by Gasteiger charge is 2.56. The summed E-state index contributed by atoms with van der Waals surface area (Å²) < 4.78 is 0. The summed E-state index contributed by atoms with van der Waals surface area (Å²) in [4.78, 5) is 56.3. The first-order chi connectivity index (χ1) is 21.1. The lowest BCUT2D eigenvalue weighted by molar-refractivity contribution is -0.123. The third-order valence-corrected chi connectivity index (χ3v) is 9.60. The van der Waals surface area contributed by atoms with Crippen LogP contribution in [0.15, 0.2) is 101 Å². The number of hydrogen-bond acceptors (Lipinski definition) is 6. The van der Waals surface area contributed by atoms with Gasteiger partial charge in [0.2, 0.25) is 11.8 Å². The van der Waals surface area contributed by atoms with Crippen LogP contribution >= 0.6 is 0 Å². The molecular weight excluding hydrogens is 552 g/mol. The second-order valence-electron chi connectivity index (χ2n) is 12.3. The van der Waals surface area contributed by atoms with Gasteiger partial charge in [-0.3, -0.25) is 24.1 Å². The maximum absolute atomic E-state index is 14.2. The summed E-state index contributed by atoms with van der Waals surface area (Å²) in [5, 5.41) is 13.8. The van der Waals surface area contributed by atoms with Crippen LogP contribution in [0.1, 0.15) is 42.4 Å². The number of benzene rings is 3. The molecule has 1 heterocycles. The molecule has 2 N–H and O–H groups in total. The number of nitrogens with one attached hydrogen (secondary N) is 1. The zero-order valence-corrected chi connectivity index (χ0v) is 24.8. The molecule has 1 aliphatic heterocycles. The van der Waals surface area contributed by atoms with E-state index in [-0.39, 0.29) is 35.6 Å². The fourth-order valence-electron chi connectivity index (χ4n) is 7.55. The molecule has 220 valence electrons. The monoisotopic (exact) mass is 584 g/mol. The molecule has 4 atom stereocenters. The number of para-hydroxylation sites is 1. The van der Waals surface area contributed by atoms with Gasteiger partial charge in [-0.15, -0.1) is 0 Å². The number of amides is 2. The highest BCUT2D eigenvalue weighted by Crippen LogP contribution is 2.55. The van der Waals surface area contributed by atoms with Crippen molar-refractivity contribution in [3.8, 4) is 5.75 Å². The molecule has 7 rings (SSSR count). The van der Waals surface area contributed by atoms with Crippen LogP contribution in [0, 0.1) is 31.6 Å². The van der Waals surface area contributed by atoms with E-state index >= 15 is 0 Å². The summed E-state index contributed by atoms with van der Waals surface area (Å²) in [5.74, 6) is -2.86. The fraction of sp³-hybridized carbons (Fsp3) is 0.243. The minimum atomic E-state index is -0.644. The number of anilines is 3. The number of aryl methyl sites for hydroxylation is 2. The Labute approximate surface area is 255 Å². The van der Waals surface area contributed by atoms with Crippen LogP contribution in [-0.4, -0.2) is 28.5 Å². The van der Waals surface area contributed by atoms with E-state index in [1.54, 1.807) is 19.1 Å². The minimum Gasteiger partial charge on any atom is -0.507 e. The smallest absolute Gasteiger partial charge is 0.238 e. The molecule has 3 aliphatic carbocycles. The first kappa shape index (κ1) is 27.8. The normalized spacial score (nSPS) is 24.5. The van der Waals surface area contributed by atoms with Gasteiger partial charge in [0.15, 0.2) is 11.6 Å². The number of phenolic OH excluding ortho intramolecular Hbond substituents is 1. The van der Waals surface area contributed by atoms with Gasteiger partial charge in [-0.25, -0.2) is 0 Å². The highest BCUT2D eigenvalue weighted by atomic mass is 16.3. The van der Waals surface area contributed by atoms with Crippen molar-refractivity contribution in [2.45, 2.75) is 39.5 Å². The molecule has 0 spiro atoms. The Balaban J connectivity index is 1.26. The first-order valence-corrected chi connectivity index (χ1v) is 14.9. The van der Waals surface area contributed by atoms with Crippen molar-refractivity contribution in [3.05, 3.63) is 118 Å². The molecular formula is C37H32N2O5. The summed E-state index contributed by atoms with van der Waals surface area (Å²) in [6, 6.07) is 20.7. The number of fused-ring (bicyclic) bond motifs is 3. The second kappa shape index (κ2) is 10.3.